The van der Waals surface area contributed by atoms with Gasteiger partial charge in [0.25, 0.3) is 0 Å². The number of urea groups is 1. The van der Waals surface area contributed by atoms with Gasteiger partial charge >= 0.3 is 6.03 Å². The van der Waals surface area contributed by atoms with Gasteiger partial charge in [0, 0.05) is 38.3 Å². The predicted octanol–water partition coefficient (Wildman–Crippen LogP) is 3.30. The fourth-order valence-electron chi connectivity index (χ4n) is 4.18. The van der Waals surface area contributed by atoms with Crippen LogP contribution in [-0.2, 0) is 13.0 Å². The van der Waals surface area contributed by atoms with Crippen LogP contribution in [0.1, 0.15) is 36.1 Å². The van der Waals surface area contributed by atoms with Crippen LogP contribution in [0.15, 0.2) is 48.5 Å². The van der Waals surface area contributed by atoms with Crippen molar-refractivity contribution in [2.75, 3.05) is 19.6 Å². The predicted molar refractivity (Wildman–Crippen MR) is 106 cm³/mol. The monoisotopic (exact) mass is 365 g/mol. The summed E-state index contributed by atoms with van der Waals surface area (Å²) in [5.41, 5.74) is 3.58. The minimum atomic E-state index is 0.00297. The molecule has 0 unspecified atom stereocenters. The van der Waals surface area contributed by atoms with E-state index < -0.39 is 0 Å². The van der Waals surface area contributed by atoms with Crippen LogP contribution >= 0.6 is 0 Å². The number of hydrogen-bond donors (Lipinski definition) is 2. The molecule has 27 heavy (non-hydrogen) atoms. The highest BCUT2D eigenvalue weighted by Crippen LogP contribution is 2.26. The van der Waals surface area contributed by atoms with Crippen LogP contribution in [0.5, 0.6) is 5.75 Å². The van der Waals surface area contributed by atoms with Crippen molar-refractivity contribution < 1.29 is 9.90 Å². The van der Waals surface area contributed by atoms with Gasteiger partial charge in [0.1, 0.15) is 5.75 Å². The number of nitrogens with zero attached hydrogens (tertiary/aromatic N) is 2. The Bertz CT molecular complexity index is 808. The van der Waals surface area contributed by atoms with Gasteiger partial charge in [-0.3, -0.25) is 4.90 Å². The number of amides is 2. The molecule has 2 aromatic rings. The molecule has 0 bridgehead atoms. The first-order chi connectivity index (χ1) is 13.1. The van der Waals surface area contributed by atoms with E-state index in [1.54, 1.807) is 12.1 Å². The van der Waals surface area contributed by atoms with Crippen LogP contribution in [0, 0.1) is 0 Å². The number of phenols is 1. The molecule has 1 saturated heterocycles. The second kappa shape index (κ2) is 7.61. The van der Waals surface area contributed by atoms with Crippen LogP contribution in [0.4, 0.5) is 4.79 Å². The number of carbonyl (C=O) groups excluding carboxylic acids is 1. The van der Waals surface area contributed by atoms with Gasteiger partial charge in [0.15, 0.2) is 0 Å². The van der Waals surface area contributed by atoms with Crippen LogP contribution < -0.4 is 5.32 Å². The van der Waals surface area contributed by atoms with E-state index in [-0.39, 0.29) is 17.8 Å². The molecule has 2 aromatic carbocycles. The van der Waals surface area contributed by atoms with Gasteiger partial charge in [-0.2, -0.15) is 0 Å². The van der Waals surface area contributed by atoms with Crippen molar-refractivity contribution in [3.8, 4) is 5.75 Å². The number of fused-ring (bicyclic) bond motifs is 1. The zero-order valence-electron chi connectivity index (χ0n) is 15.8. The first-order valence-electron chi connectivity index (χ1n) is 9.75. The molecule has 142 valence electrons. The number of carbonyl (C=O) groups is 1. The lowest BCUT2D eigenvalue weighted by atomic mass is 10.00. The lowest BCUT2D eigenvalue weighted by Crippen LogP contribution is -2.47. The molecule has 2 aliphatic heterocycles. The molecule has 2 atom stereocenters. The normalized spacial score (nSPS) is 20.9. The summed E-state index contributed by atoms with van der Waals surface area (Å²) < 4.78 is 0. The number of aromatic hydroxyl groups is 1. The molecule has 0 aliphatic carbocycles. The molecule has 5 nitrogen and oxygen atoms in total. The zero-order valence-corrected chi connectivity index (χ0v) is 15.8. The maximum Gasteiger partial charge on any atom is 0.317 e. The van der Waals surface area contributed by atoms with Gasteiger partial charge in [-0.1, -0.05) is 36.4 Å². The maximum atomic E-state index is 12.7. The SMILES string of the molecule is C[C@H](c1ccccc1)N1CC[C@H](NC(=O)N2CCc3ccc(O)cc3C2)C1. The molecule has 0 aromatic heterocycles. The standard InChI is InChI=1S/C22H27N3O2/c1-16(17-5-3-2-4-6-17)24-12-10-20(15-24)23-22(27)25-11-9-18-7-8-21(26)13-19(18)14-25/h2-8,13,16,20,26H,9-12,14-15H2,1H3,(H,23,27)/t16-,20+/m1/s1. The number of rotatable bonds is 3. The Balaban J connectivity index is 1.33. The lowest BCUT2D eigenvalue weighted by Gasteiger charge is -2.30. The van der Waals surface area contributed by atoms with Crippen molar-refractivity contribution in [1.82, 2.24) is 15.1 Å². The van der Waals surface area contributed by atoms with E-state index in [0.29, 0.717) is 12.6 Å². The molecule has 2 aliphatic rings. The third kappa shape index (κ3) is 3.93. The smallest absolute Gasteiger partial charge is 0.317 e. The van der Waals surface area contributed by atoms with Crippen LogP contribution in [0.3, 0.4) is 0 Å². The summed E-state index contributed by atoms with van der Waals surface area (Å²) in [6.07, 6.45) is 1.82. The minimum Gasteiger partial charge on any atom is -0.508 e. The Labute approximate surface area is 160 Å². The first-order valence-corrected chi connectivity index (χ1v) is 9.75. The van der Waals surface area contributed by atoms with Crippen molar-refractivity contribution >= 4 is 6.03 Å². The quantitative estimate of drug-likeness (QED) is 0.878. The van der Waals surface area contributed by atoms with Crippen molar-refractivity contribution in [2.45, 2.75) is 38.4 Å². The van der Waals surface area contributed by atoms with E-state index in [1.807, 2.05) is 17.0 Å². The molecule has 2 heterocycles. The number of likely N-dealkylation sites (tertiary alicyclic amines) is 1. The Hall–Kier alpha value is -2.53. The van der Waals surface area contributed by atoms with Crippen LogP contribution in [-0.4, -0.2) is 46.6 Å². The highest BCUT2D eigenvalue weighted by molar-refractivity contribution is 5.75. The van der Waals surface area contributed by atoms with E-state index in [1.165, 1.54) is 11.1 Å². The zero-order chi connectivity index (χ0) is 18.8. The summed E-state index contributed by atoms with van der Waals surface area (Å²) in [6, 6.07) is 16.5. The molecule has 0 spiro atoms. The second-order valence-electron chi connectivity index (χ2n) is 7.64. The van der Waals surface area contributed by atoms with Gasteiger partial charge in [-0.25, -0.2) is 4.79 Å². The summed E-state index contributed by atoms with van der Waals surface area (Å²) in [6.45, 7) is 5.39. The molecule has 0 saturated carbocycles. The summed E-state index contributed by atoms with van der Waals surface area (Å²) in [5, 5.41) is 12.9. The molecule has 4 rings (SSSR count). The third-order valence-electron chi connectivity index (χ3n) is 5.87. The van der Waals surface area contributed by atoms with E-state index in [2.05, 4.69) is 41.4 Å². The first kappa shape index (κ1) is 17.9. The van der Waals surface area contributed by atoms with Crippen LogP contribution in [0.2, 0.25) is 0 Å². The fraction of sp³-hybridized carbons (Fsp3) is 0.409. The van der Waals surface area contributed by atoms with E-state index in [9.17, 15) is 9.90 Å². The Morgan fingerprint density at radius 1 is 1.15 bits per heavy atom. The van der Waals surface area contributed by atoms with Crippen molar-refractivity contribution in [2.24, 2.45) is 0 Å². The highest BCUT2D eigenvalue weighted by atomic mass is 16.3. The maximum absolute atomic E-state index is 12.7. The molecular weight excluding hydrogens is 338 g/mol. The van der Waals surface area contributed by atoms with Gasteiger partial charge in [-0.05, 0) is 48.6 Å². The Morgan fingerprint density at radius 2 is 1.96 bits per heavy atom. The molecule has 2 amide bonds. The summed E-state index contributed by atoms with van der Waals surface area (Å²) in [5.74, 6) is 0.261. The van der Waals surface area contributed by atoms with Crippen molar-refractivity contribution in [1.29, 1.82) is 0 Å². The number of hydrogen-bond acceptors (Lipinski definition) is 3. The molecule has 5 heteroatoms. The minimum absolute atomic E-state index is 0.00297. The van der Waals surface area contributed by atoms with Crippen molar-refractivity contribution in [3.63, 3.8) is 0 Å². The highest BCUT2D eigenvalue weighted by Gasteiger charge is 2.29. The summed E-state index contributed by atoms with van der Waals surface area (Å²) in [7, 11) is 0. The number of benzene rings is 2. The average Bonchev–Trinajstić information content (AvgIpc) is 3.16. The number of nitrogens with one attached hydrogen (secondary N) is 1. The van der Waals surface area contributed by atoms with Crippen molar-refractivity contribution in [3.05, 3.63) is 65.2 Å². The lowest BCUT2D eigenvalue weighted by molar-refractivity contribution is 0.186. The summed E-state index contributed by atoms with van der Waals surface area (Å²) >= 11 is 0. The summed E-state index contributed by atoms with van der Waals surface area (Å²) in [4.78, 5) is 17.0. The largest absolute Gasteiger partial charge is 0.508 e. The van der Waals surface area contributed by atoms with Gasteiger partial charge in [0.2, 0.25) is 0 Å². The fourth-order valence-corrected chi connectivity index (χ4v) is 4.18. The Kier molecular flexibility index (Phi) is 5.03. The average molecular weight is 365 g/mol. The topological polar surface area (TPSA) is 55.8 Å². The van der Waals surface area contributed by atoms with Gasteiger partial charge < -0.3 is 15.3 Å². The third-order valence-corrected chi connectivity index (χ3v) is 5.87. The molecule has 1 fully saturated rings. The molecule has 0 radical (unpaired) electrons. The number of phenolic OH excluding ortho intramolecular Hbond substituents is 1. The Morgan fingerprint density at radius 3 is 2.78 bits per heavy atom. The van der Waals surface area contributed by atoms with E-state index >= 15 is 0 Å². The van der Waals surface area contributed by atoms with Gasteiger partial charge in [0.05, 0.1) is 0 Å². The van der Waals surface area contributed by atoms with E-state index in [0.717, 1.165) is 38.0 Å². The molecular formula is C22H27N3O2. The van der Waals surface area contributed by atoms with Crippen LogP contribution in [0.25, 0.3) is 0 Å². The molecule has 2 N–H and O–H groups in total. The van der Waals surface area contributed by atoms with E-state index in [4.69, 9.17) is 0 Å². The van der Waals surface area contributed by atoms with Gasteiger partial charge in [-0.15, -0.1) is 0 Å². The second-order valence-corrected chi connectivity index (χ2v) is 7.64.